The van der Waals surface area contributed by atoms with Crippen LogP contribution in [-0.2, 0) is 6.61 Å². The van der Waals surface area contributed by atoms with Gasteiger partial charge >= 0.3 is 0 Å². The fourth-order valence-electron chi connectivity index (χ4n) is 4.38. The molecule has 1 fully saturated rings. The molecule has 0 radical (unpaired) electrons. The number of ether oxygens (including phenoxy) is 1. The first-order valence-electron chi connectivity index (χ1n) is 11.6. The number of imidazole rings is 1. The van der Waals surface area contributed by atoms with E-state index in [0.29, 0.717) is 22.6 Å². The lowest BCUT2D eigenvalue weighted by Gasteiger charge is -2.22. The van der Waals surface area contributed by atoms with Gasteiger partial charge in [0.05, 0.1) is 17.1 Å². The molecule has 1 saturated heterocycles. The van der Waals surface area contributed by atoms with Crippen molar-refractivity contribution in [3.8, 4) is 5.75 Å². The van der Waals surface area contributed by atoms with Crippen molar-refractivity contribution in [2.75, 3.05) is 23.3 Å². The van der Waals surface area contributed by atoms with Crippen LogP contribution in [0.2, 0.25) is 0 Å². The number of hydrogen-bond acceptors (Lipinski definition) is 5. The normalized spacial score (nSPS) is 13.2. The largest absolute Gasteiger partial charge is 0.487 e. The van der Waals surface area contributed by atoms with Crippen LogP contribution in [0.1, 0.15) is 44.8 Å². The number of carbonyl (C=O) groups excluding carboxylic acids is 2. The van der Waals surface area contributed by atoms with Gasteiger partial charge in [0.25, 0.3) is 5.91 Å². The number of primary amides is 1. The van der Waals surface area contributed by atoms with E-state index in [2.05, 4.69) is 15.2 Å². The Kier molecular flexibility index (Phi) is 6.10. The number of pyridine rings is 1. The zero-order valence-electron chi connectivity index (χ0n) is 19.5. The molecule has 3 heterocycles. The van der Waals surface area contributed by atoms with E-state index in [1.54, 1.807) is 36.4 Å². The smallest absolute Gasteiger partial charge is 0.255 e. The van der Waals surface area contributed by atoms with Crippen molar-refractivity contribution in [2.45, 2.75) is 26.4 Å². The zero-order chi connectivity index (χ0) is 24.4. The van der Waals surface area contributed by atoms with Crippen molar-refractivity contribution in [3.63, 3.8) is 0 Å². The lowest BCUT2D eigenvalue weighted by molar-refractivity contribution is 0.0996. The highest BCUT2D eigenvalue weighted by atomic mass is 16.5. The van der Waals surface area contributed by atoms with Gasteiger partial charge in [0.15, 0.2) is 0 Å². The van der Waals surface area contributed by atoms with Crippen molar-refractivity contribution in [3.05, 3.63) is 89.4 Å². The molecule has 5 rings (SSSR count). The Morgan fingerprint density at radius 2 is 1.89 bits per heavy atom. The molecule has 178 valence electrons. The molecule has 0 unspecified atom stereocenters. The predicted molar refractivity (Wildman–Crippen MR) is 135 cm³/mol. The van der Waals surface area contributed by atoms with Crippen molar-refractivity contribution in [2.24, 2.45) is 5.73 Å². The average Bonchev–Trinajstić information content (AvgIpc) is 3.54. The highest BCUT2D eigenvalue weighted by Gasteiger charge is 2.19. The third-order valence-corrected chi connectivity index (χ3v) is 6.19. The van der Waals surface area contributed by atoms with Crippen LogP contribution < -0.4 is 20.7 Å². The van der Waals surface area contributed by atoms with Crippen LogP contribution >= 0.6 is 0 Å². The highest BCUT2D eigenvalue weighted by Crippen LogP contribution is 2.30. The van der Waals surface area contributed by atoms with Crippen LogP contribution in [0.5, 0.6) is 5.75 Å². The van der Waals surface area contributed by atoms with E-state index in [0.717, 1.165) is 48.5 Å². The summed E-state index contributed by atoms with van der Waals surface area (Å²) in [5.74, 6) is -0.260. The second kappa shape index (κ2) is 9.50. The topological polar surface area (TPSA) is 102 Å². The Labute approximate surface area is 203 Å². The molecule has 0 aliphatic carbocycles. The van der Waals surface area contributed by atoms with Crippen LogP contribution in [0, 0.1) is 6.92 Å². The molecule has 2 amide bonds. The molecule has 2 aromatic heterocycles. The van der Waals surface area contributed by atoms with Gasteiger partial charge in [-0.1, -0.05) is 12.1 Å². The van der Waals surface area contributed by atoms with Crippen LogP contribution in [-0.4, -0.2) is 34.3 Å². The number of carbonyl (C=O) groups is 2. The van der Waals surface area contributed by atoms with E-state index in [1.807, 2.05) is 41.9 Å². The number of nitrogens with two attached hydrogens (primary N) is 1. The van der Waals surface area contributed by atoms with E-state index in [9.17, 15) is 9.59 Å². The second-order valence-corrected chi connectivity index (χ2v) is 8.72. The van der Waals surface area contributed by atoms with E-state index in [-0.39, 0.29) is 12.5 Å². The number of aryl methyl sites for hydroxylation is 1. The molecule has 1 aliphatic heterocycles. The number of benzene rings is 2. The Morgan fingerprint density at radius 3 is 2.66 bits per heavy atom. The van der Waals surface area contributed by atoms with E-state index < -0.39 is 5.91 Å². The Balaban J connectivity index is 1.32. The number of nitrogens with zero attached hydrogens (tertiary/aromatic N) is 3. The first-order valence-corrected chi connectivity index (χ1v) is 11.6. The average molecular weight is 470 g/mol. The first-order chi connectivity index (χ1) is 17.0. The second-order valence-electron chi connectivity index (χ2n) is 8.72. The van der Waals surface area contributed by atoms with Gasteiger partial charge in [0.2, 0.25) is 5.91 Å². The fraction of sp³-hybridized carbons (Fsp3) is 0.222. The summed E-state index contributed by atoms with van der Waals surface area (Å²) in [5.41, 5.74) is 10.5. The quantitative estimate of drug-likeness (QED) is 0.423. The minimum Gasteiger partial charge on any atom is -0.487 e. The molecule has 4 aromatic rings. The van der Waals surface area contributed by atoms with Gasteiger partial charge in [-0.2, -0.15) is 0 Å². The molecule has 35 heavy (non-hydrogen) atoms. The van der Waals surface area contributed by atoms with Gasteiger partial charge in [-0.25, -0.2) is 4.98 Å². The van der Waals surface area contributed by atoms with E-state index in [4.69, 9.17) is 10.5 Å². The summed E-state index contributed by atoms with van der Waals surface area (Å²) < 4.78 is 7.90. The van der Waals surface area contributed by atoms with Crippen molar-refractivity contribution < 1.29 is 14.3 Å². The molecule has 8 nitrogen and oxygen atoms in total. The van der Waals surface area contributed by atoms with Crippen LogP contribution in [0.15, 0.2) is 67.0 Å². The molecular weight excluding hydrogens is 442 g/mol. The number of hydrogen-bond donors (Lipinski definition) is 2. The third-order valence-electron chi connectivity index (χ3n) is 6.19. The molecule has 3 N–H and O–H groups in total. The van der Waals surface area contributed by atoms with Crippen molar-refractivity contribution >= 4 is 28.8 Å². The summed E-state index contributed by atoms with van der Waals surface area (Å²) in [4.78, 5) is 31.7. The van der Waals surface area contributed by atoms with E-state index >= 15 is 0 Å². The monoisotopic (exact) mass is 469 g/mol. The molecule has 0 atom stereocenters. The van der Waals surface area contributed by atoms with Gasteiger partial charge < -0.3 is 25.1 Å². The SMILES string of the molecule is Cc1cccn2cc(COc3cccc(C(=O)Nc4cc(C(N)=O)ccc4N4CCCC4)c3)nc12. The summed E-state index contributed by atoms with van der Waals surface area (Å²) in [6.07, 6.45) is 6.07. The molecular formula is C27H27N5O3. The first kappa shape index (κ1) is 22.5. The summed E-state index contributed by atoms with van der Waals surface area (Å²) in [6, 6.07) is 16.2. The highest BCUT2D eigenvalue weighted by molar-refractivity contribution is 6.07. The van der Waals surface area contributed by atoms with Crippen molar-refractivity contribution in [1.29, 1.82) is 0 Å². The number of aromatic nitrogens is 2. The third kappa shape index (κ3) is 4.82. The molecule has 0 bridgehead atoms. The molecule has 2 aromatic carbocycles. The van der Waals surface area contributed by atoms with E-state index in [1.165, 1.54) is 0 Å². The summed E-state index contributed by atoms with van der Waals surface area (Å²) >= 11 is 0. The lowest BCUT2D eigenvalue weighted by Crippen LogP contribution is -2.22. The maximum atomic E-state index is 13.1. The Bertz CT molecular complexity index is 1410. The van der Waals surface area contributed by atoms with Crippen molar-refractivity contribution in [1.82, 2.24) is 9.38 Å². The minimum absolute atomic E-state index is 0.284. The minimum atomic E-state index is -0.536. The Morgan fingerprint density at radius 1 is 1.06 bits per heavy atom. The summed E-state index contributed by atoms with van der Waals surface area (Å²) in [5, 5.41) is 2.96. The molecule has 8 heteroatoms. The lowest BCUT2D eigenvalue weighted by atomic mass is 10.1. The predicted octanol–water partition coefficient (Wildman–Crippen LogP) is 4.17. The number of rotatable bonds is 7. The number of amides is 2. The van der Waals surface area contributed by atoms with Gasteiger partial charge in [-0.05, 0) is 67.8 Å². The molecule has 0 spiro atoms. The van der Waals surface area contributed by atoms with Gasteiger partial charge in [-0.15, -0.1) is 0 Å². The van der Waals surface area contributed by atoms with Gasteiger partial charge in [0.1, 0.15) is 18.0 Å². The maximum Gasteiger partial charge on any atom is 0.255 e. The Hall–Kier alpha value is -4.33. The van der Waals surface area contributed by atoms with Crippen LogP contribution in [0.3, 0.4) is 0 Å². The number of anilines is 2. The summed E-state index contributed by atoms with van der Waals surface area (Å²) in [7, 11) is 0. The molecule has 0 saturated carbocycles. The zero-order valence-corrected chi connectivity index (χ0v) is 19.5. The number of fused-ring (bicyclic) bond motifs is 1. The standard InChI is InChI=1S/C27H27N5O3/c1-18-6-5-13-32-16-21(29-26(18)32)17-35-22-8-4-7-20(14-22)27(34)30-23-15-19(25(28)33)9-10-24(23)31-11-2-3-12-31/h4-10,13-16H,2-3,11-12,17H2,1H3,(H2,28,33)(H,30,34). The number of nitrogens with one attached hydrogen (secondary N) is 1. The fourth-order valence-corrected chi connectivity index (χ4v) is 4.38. The molecule has 1 aliphatic rings. The van der Waals surface area contributed by atoms with Crippen LogP contribution in [0.25, 0.3) is 5.65 Å². The maximum absolute atomic E-state index is 13.1. The van der Waals surface area contributed by atoms with Gasteiger partial charge in [0, 0.05) is 36.6 Å². The van der Waals surface area contributed by atoms with Gasteiger partial charge in [-0.3, -0.25) is 9.59 Å². The summed E-state index contributed by atoms with van der Waals surface area (Å²) in [6.45, 7) is 4.12. The van der Waals surface area contributed by atoms with Crippen LogP contribution in [0.4, 0.5) is 11.4 Å².